The highest BCUT2D eigenvalue weighted by molar-refractivity contribution is 5.41. The number of hydrogen-bond donors (Lipinski definition) is 2. The van der Waals surface area contributed by atoms with Crippen molar-refractivity contribution < 1.29 is 4.74 Å². The van der Waals surface area contributed by atoms with Gasteiger partial charge in [-0.15, -0.1) is 0 Å². The maximum Gasteiger partial charge on any atom is 0.119 e. The molecule has 0 radical (unpaired) electrons. The first-order chi connectivity index (χ1) is 10.9. The second-order valence-electron chi connectivity index (χ2n) is 4.95. The van der Waals surface area contributed by atoms with E-state index in [4.69, 9.17) is 10.00 Å². The predicted octanol–water partition coefficient (Wildman–Crippen LogP) is 3.88. The summed E-state index contributed by atoms with van der Waals surface area (Å²) in [5.41, 5.74) is 8.56. The second-order valence-corrected chi connectivity index (χ2v) is 4.95. The zero-order valence-electron chi connectivity index (χ0n) is 12.6. The van der Waals surface area contributed by atoms with E-state index in [0.29, 0.717) is 13.0 Å². The molecule has 2 rings (SSSR count). The van der Waals surface area contributed by atoms with Gasteiger partial charge in [0.25, 0.3) is 0 Å². The van der Waals surface area contributed by atoms with Crippen LogP contribution < -0.4 is 15.6 Å². The van der Waals surface area contributed by atoms with Crippen LogP contribution in [0.4, 0.5) is 5.69 Å². The number of anilines is 1. The summed E-state index contributed by atoms with van der Waals surface area (Å²) in [6.07, 6.45) is 2.41. The molecule has 0 atom stereocenters. The second kappa shape index (κ2) is 9.43. The van der Waals surface area contributed by atoms with E-state index in [1.807, 2.05) is 54.6 Å². The summed E-state index contributed by atoms with van der Waals surface area (Å²) in [5, 5.41) is 8.45. The van der Waals surface area contributed by atoms with Gasteiger partial charge in [-0.3, -0.25) is 0 Å². The molecular weight excluding hydrogens is 274 g/mol. The summed E-state index contributed by atoms with van der Waals surface area (Å²) in [5.74, 6) is 0.872. The van der Waals surface area contributed by atoms with Gasteiger partial charge in [-0.25, -0.2) is 5.43 Å². The van der Waals surface area contributed by atoms with Crippen molar-refractivity contribution in [2.45, 2.75) is 25.8 Å². The van der Waals surface area contributed by atoms with Gasteiger partial charge < -0.3 is 10.2 Å². The van der Waals surface area contributed by atoms with Crippen LogP contribution >= 0.6 is 0 Å². The molecule has 2 aromatic rings. The number of benzene rings is 2. The van der Waals surface area contributed by atoms with Gasteiger partial charge in [0.2, 0.25) is 0 Å². The molecule has 2 N–H and O–H groups in total. The Morgan fingerprint density at radius 1 is 0.955 bits per heavy atom. The molecule has 0 saturated heterocycles. The lowest BCUT2D eigenvalue weighted by atomic mass is 10.2. The molecule has 114 valence electrons. The van der Waals surface area contributed by atoms with Gasteiger partial charge in [-0.1, -0.05) is 30.3 Å². The largest absolute Gasteiger partial charge is 0.494 e. The van der Waals surface area contributed by atoms with Crippen molar-refractivity contribution in [2.24, 2.45) is 0 Å². The van der Waals surface area contributed by atoms with Gasteiger partial charge in [-0.05, 0) is 42.7 Å². The summed E-state index contributed by atoms with van der Waals surface area (Å²) in [7, 11) is 0. The van der Waals surface area contributed by atoms with Crippen molar-refractivity contribution in [3.63, 3.8) is 0 Å². The minimum atomic E-state index is 0.600. The van der Waals surface area contributed by atoms with E-state index in [1.54, 1.807) is 0 Å². The van der Waals surface area contributed by atoms with Crippen molar-refractivity contribution in [1.29, 1.82) is 5.26 Å². The molecule has 0 saturated carbocycles. The Labute approximate surface area is 131 Å². The van der Waals surface area contributed by atoms with E-state index in [0.717, 1.165) is 30.8 Å². The minimum absolute atomic E-state index is 0.600. The average Bonchev–Trinajstić information content (AvgIpc) is 2.57. The predicted molar refractivity (Wildman–Crippen MR) is 88.3 cm³/mol. The minimum Gasteiger partial charge on any atom is -0.494 e. The Bertz CT molecular complexity index is 576. The molecule has 0 bridgehead atoms. The molecule has 0 aliphatic rings. The number of hydrogen-bond acceptors (Lipinski definition) is 4. The molecule has 0 amide bonds. The van der Waals surface area contributed by atoms with Crippen LogP contribution in [0.1, 0.15) is 24.8 Å². The van der Waals surface area contributed by atoms with Crippen molar-refractivity contribution in [2.75, 3.05) is 12.0 Å². The fraction of sp³-hybridized carbons (Fsp3) is 0.278. The van der Waals surface area contributed by atoms with Crippen LogP contribution in [0.15, 0.2) is 54.6 Å². The van der Waals surface area contributed by atoms with Gasteiger partial charge in [-0.2, -0.15) is 5.26 Å². The van der Waals surface area contributed by atoms with Gasteiger partial charge in [0, 0.05) is 18.7 Å². The number of hydrazine groups is 1. The molecule has 0 aliphatic carbocycles. The lowest BCUT2D eigenvalue weighted by Crippen LogP contribution is -2.20. The molecule has 2 aromatic carbocycles. The monoisotopic (exact) mass is 295 g/mol. The quantitative estimate of drug-likeness (QED) is 0.544. The van der Waals surface area contributed by atoms with E-state index in [9.17, 15) is 0 Å². The highest BCUT2D eigenvalue weighted by Gasteiger charge is 1.96. The lowest BCUT2D eigenvalue weighted by Gasteiger charge is -2.09. The van der Waals surface area contributed by atoms with Gasteiger partial charge in [0.15, 0.2) is 0 Å². The molecule has 0 heterocycles. The molecule has 0 unspecified atom stereocenters. The first kappa shape index (κ1) is 15.9. The number of rotatable bonds is 9. The van der Waals surface area contributed by atoms with Crippen LogP contribution in [-0.4, -0.2) is 6.61 Å². The van der Waals surface area contributed by atoms with Crippen LogP contribution in [0.3, 0.4) is 0 Å². The molecule has 0 spiro atoms. The third-order valence-electron chi connectivity index (χ3n) is 3.17. The Morgan fingerprint density at radius 2 is 1.73 bits per heavy atom. The summed E-state index contributed by atoms with van der Waals surface area (Å²) >= 11 is 0. The zero-order valence-corrected chi connectivity index (χ0v) is 12.6. The SMILES string of the molecule is N#CCCCCOc1ccc(CNNc2ccccc2)cc1. The normalized spacial score (nSPS) is 9.95. The third-order valence-corrected chi connectivity index (χ3v) is 3.17. The highest BCUT2D eigenvalue weighted by atomic mass is 16.5. The average molecular weight is 295 g/mol. The fourth-order valence-electron chi connectivity index (χ4n) is 1.97. The highest BCUT2D eigenvalue weighted by Crippen LogP contribution is 2.13. The van der Waals surface area contributed by atoms with Crippen molar-refractivity contribution in [3.8, 4) is 11.8 Å². The van der Waals surface area contributed by atoms with Crippen LogP contribution in [0, 0.1) is 11.3 Å². The van der Waals surface area contributed by atoms with Gasteiger partial charge in [0.1, 0.15) is 5.75 Å². The first-order valence-electron chi connectivity index (χ1n) is 7.51. The maximum absolute atomic E-state index is 8.45. The van der Waals surface area contributed by atoms with Crippen LogP contribution in [0.2, 0.25) is 0 Å². The fourth-order valence-corrected chi connectivity index (χ4v) is 1.97. The van der Waals surface area contributed by atoms with Crippen molar-refractivity contribution >= 4 is 5.69 Å². The number of nitrogens with zero attached hydrogens (tertiary/aromatic N) is 1. The Balaban J connectivity index is 1.67. The Morgan fingerprint density at radius 3 is 2.45 bits per heavy atom. The van der Waals surface area contributed by atoms with Gasteiger partial charge in [0.05, 0.1) is 12.7 Å². The summed E-state index contributed by atoms with van der Waals surface area (Å²) in [6.45, 7) is 1.40. The number of ether oxygens (including phenoxy) is 1. The van der Waals surface area contributed by atoms with E-state index in [1.165, 1.54) is 5.56 Å². The summed E-state index contributed by atoms with van der Waals surface area (Å²) in [4.78, 5) is 0. The maximum atomic E-state index is 8.45. The van der Waals surface area contributed by atoms with E-state index in [-0.39, 0.29) is 0 Å². The number of para-hydroxylation sites is 1. The molecule has 4 nitrogen and oxygen atoms in total. The molecular formula is C18H21N3O. The Hall–Kier alpha value is -2.51. The third kappa shape index (κ3) is 5.86. The van der Waals surface area contributed by atoms with Crippen molar-refractivity contribution in [1.82, 2.24) is 5.43 Å². The van der Waals surface area contributed by atoms with E-state index in [2.05, 4.69) is 16.9 Å². The molecule has 4 heteroatoms. The number of unbranched alkanes of at least 4 members (excludes halogenated alkanes) is 2. The van der Waals surface area contributed by atoms with Gasteiger partial charge >= 0.3 is 0 Å². The molecule has 0 fully saturated rings. The summed E-state index contributed by atoms with van der Waals surface area (Å²) < 4.78 is 5.64. The number of nitrogens with one attached hydrogen (secondary N) is 2. The first-order valence-corrected chi connectivity index (χ1v) is 7.51. The lowest BCUT2D eigenvalue weighted by molar-refractivity contribution is 0.307. The van der Waals surface area contributed by atoms with E-state index >= 15 is 0 Å². The van der Waals surface area contributed by atoms with Crippen LogP contribution in [-0.2, 0) is 6.54 Å². The van der Waals surface area contributed by atoms with E-state index < -0.39 is 0 Å². The summed E-state index contributed by atoms with van der Waals surface area (Å²) in [6, 6.07) is 20.2. The Kier molecular flexibility index (Phi) is 6.80. The van der Waals surface area contributed by atoms with Crippen molar-refractivity contribution in [3.05, 3.63) is 60.2 Å². The number of nitriles is 1. The van der Waals surface area contributed by atoms with Crippen LogP contribution in [0.25, 0.3) is 0 Å². The molecule has 0 aliphatic heterocycles. The standard InChI is InChI=1S/C18H21N3O/c19-13-5-2-6-14-22-18-11-9-16(10-12-18)15-20-21-17-7-3-1-4-8-17/h1,3-4,7-12,20-21H,2,5-6,14-15H2. The topological polar surface area (TPSA) is 57.1 Å². The molecule has 22 heavy (non-hydrogen) atoms. The van der Waals surface area contributed by atoms with Crippen LogP contribution in [0.5, 0.6) is 5.75 Å². The smallest absolute Gasteiger partial charge is 0.119 e. The zero-order chi connectivity index (χ0) is 15.5. The molecule has 0 aromatic heterocycles.